The summed E-state index contributed by atoms with van der Waals surface area (Å²) in [5.41, 5.74) is 5.14. The van der Waals surface area contributed by atoms with Crippen molar-refractivity contribution >= 4 is 0 Å². The van der Waals surface area contributed by atoms with Crippen LogP contribution >= 0.6 is 0 Å². The number of hydrogen-bond acceptors (Lipinski definition) is 5. The summed E-state index contributed by atoms with van der Waals surface area (Å²) < 4.78 is 0. The van der Waals surface area contributed by atoms with Crippen LogP contribution in [0.2, 0.25) is 0 Å². The third-order valence-corrected chi connectivity index (χ3v) is 1.25. The largest absolute Gasteiger partial charge is 0.403 e. The SMILES string of the molecule is Cc1nc(CN(N)/C=C\N)n[nH]1. The van der Waals surface area contributed by atoms with Crippen molar-refractivity contribution in [2.75, 3.05) is 0 Å². The summed E-state index contributed by atoms with van der Waals surface area (Å²) in [7, 11) is 0. The fourth-order valence-corrected chi connectivity index (χ4v) is 0.786. The molecule has 0 atom stereocenters. The molecule has 0 amide bonds. The maximum atomic E-state index is 5.50. The maximum absolute atomic E-state index is 5.50. The molecule has 66 valence electrons. The summed E-state index contributed by atoms with van der Waals surface area (Å²) in [6, 6.07) is 0. The van der Waals surface area contributed by atoms with Gasteiger partial charge < -0.3 is 10.7 Å². The fraction of sp³-hybridized carbons (Fsp3) is 0.333. The molecule has 1 rings (SSSR count). The van der Waals surface area contributed by atoms with Gasteiger partial charge in [0.2, 0.25) is 0 Å². The quantitative estimate of drug-likeness (QED) is 0.406. The fourth-order valence-electron chi connectivity index (χ4n) is 0.786. The normalized spacial score (nSPS) is 10.8. The van der Waals surface area contributed by atoms with E-state index >= 15 is 0 Å². The zero-order valence-electron chi connectivity index (χ0n) is 6.86. The molecule has 6 heteroatoms. The highest BCUT2D eigenvalue weighted by Crippen LogP contribution is 1.93. The summed E-state index contributed by atoms with van der Waals surface area (Å²) in [4.78, 5) is 4.07. The molecule has 0 saturated carbocycles. The second-order valence-corrected chi connectivity index (χ2v) is 2.35. The Morgan fingerprint density at radius 2 is 2.42 bits per heavy atom. The first-order valence-electron chi connectivity index (χ1n) is 3.50. The molecule has 0 fully saturated rings. The molecule has 0 unspecified atom stereocenters. The zero-order chi connectivity index (χ0) is 8.97. The Bertz CT molecular complexity index is 265. The number of rotatable bonds is 3. The Kier molecular flexibility index (Phi) is 2.65. The molecule has 0 saturated heterocycles. The van der Waals surface area contributed by atoms with Gasteiger partial charge >= 0.3 is 0 Å². The number of hydrogen-bond donors (Lipinski definition) is 3. The van der Waals surface area contributed by atoms with E-state index in [-0.39, 0.29) is 0 Å². The van der Waals surface area contributed by atoms with Gasteiger partial charge in [-0.1, -0.05) is 0 Å². The van der Waals surface area contributed by atoms with Gasteiger partial charge in [-0.3, -0.25) is 5.10 Å². The molecule has 1 heterocycles. The number of nitrogens with two attached hydrogens (primary N) is 2. The van der Waals surface area contributed by atoms with Gasteiger partial charge in [-0.2, -0.15) is 5.10 Å². The van der Waals surface area contributed by atoms with E-state index in [2.05, 4.69) is 15.2 Å². The van der Waals surface area contributed by atoms with Crippen molar-refractivity contribution in [3.8, 4) is 0 Å². The standard InChI is InChI=1S/C6H12N6/c1-5-9-6(11-10-5)4-12(8)3-2-7/h2-3H,4,7-8H2,1H3,(H,9,10,11)/b3-2-. The van der Waals surface area contributed by atoms with Crippen molar-refractivity contribution in [1.29, 1.82) is 0 Å². The number of nitrogens with one attached hydrogen (secondary N) is 1. The van der Waals surface area contributed by atoms with Gasteiger partial charge in [0.25, 0.3) is 0 Å². The van der Waals surface area contributed by atoms with Crippen LogP contribution in [0, 0.1) is 6.92 Å². The van der Waals surface area contributed by atoms with Gasteiger partial charge in [-0.05, 0) is 6.92 Å². The van der Waals surface area contributed by atoms with Gasteiger partial charge in [-0.25, -0.2) is 10.8 Å². The van der Waals surface area contributed by atoms with E-state index < -0.39 is 0 Å². The summed E-state index contributed by atoms with van der Waals surface area (Å²) in [5.74, 6) is 6.92. The number of aromatic nitrogens is 3. The van der Waals surface area contributed by atoms with Crippen molar-refractivity contribution in [3.63, 3.8) is 0 Å². The molecule has 0 radical (unpaired) electrons. The first kappa shape index (κ1) is 8.54. The number of aryl methyl sites for hydroxylation is 1. The molecule has 12 heavy (non-hydrogen) atoms. The van der Waals surface area contributed by atoms with Crippen molar-refractivity contribution in [3.05, 3.63) is 24.0 Å². The Balaban J connectivity index is 2.52. The van der Waals surface area contributed by atoms with Crippen molar-refractivity contribution in [2.45, 2.75) is 13.5 Å². The Labute approximate surface area is 70.2 Å². The van der Waals surface area contributed by atoms with Crippen LogP contribution in [-0.4, -0.2) is 20.2 Å². The summed E-state index contributed by atoms with van der Waals surface area (Å²) in [5, 5.41) is 8.03. The first-order valence-corrected chi connectivity index (χ1v) is 3.50. The van der Waals surface area contributed by atoms with Gasteiger partial charge in [0, 0.05) is 12.4 Å². The molecule has 6 nitrogen and oxygen atoms in total. The minimum absolute atomic E-state index is 0.442. The van der Waals surface area contributed by atoms with E-state index in [4.69, 9.17) is 11.6 Å². The number of nitrogens with zero attached hydrogens (tertiary/aromatic N) is 3. The average molecular weight is 168 g/mol. The Morgan fingerprint density at radius 1 is 1.67 bits per heavy atom. The van der Waals surface area contributed by atoms with Crippen LogP contribution in [0.25, 0.3) is 0 Å². The van der Waals surface area contributed by atoms with E-state index in [1.54, 1.807) is 6.20 Å². The summed E-state index contributed by atoms with van der Waals surface area (Å²) >= 11 is 0. The molecule has 0 aliphatic heterocycles. The topological polar surface area (TPSA) is 96.8 Å². The van der Waals surface area contributed by atoms with E-state index in [1.165, 1.54) is 11.2 Å². The Hall–Kier alpha value is -1.56. The van der Waals surface area contributed by atoms with Crippen LogP contribution in [0.4, 0.5) is 0 Å². The van der Waals surface area contributed by atoms with Crippen LogP contribution in [0.5, 0.6) is 0 Å². The highest BCUT2D eigenvalue weighted by Gasteiger charge is 2.00. The molecule has 1 aromatic heterocycles. The highest BCUT2D eigenvalue weighted by molar-refractivity contribution is 4.88. The molecule has 0 aliphatic carbocycles. The molecule has 0 aliphatic rings. The van der Waals surface area contributed by atoms with Gasteiger partial charge in [-0.15, -0.1) is 0 Å². The van der Waals surface area contributed by atoms with E-state index in [0.717, 1.165) is 5.82 Å². The Morgan fingerprint density at radius 3 is 2.92 bits per heavy atom. The van der Waals surface area contributed by atoms with Gasteiger partial charge in [0.15, 0.2) is 5.82 Å². The van der Waals surface area contributed by atoms with Crippen molar-refractivity contribution in [1.82, 2.24) is 20.2 Å². The van der Waals surface area contributed by atoms with Crippen LogP contribution in [0.3, 0.4) is 0 Å². The van der Waals surface area contributed by atoms with Crippen molar-refractivity contribution in [2.24, 2.45) is 11.6 Å². The van der Waals surface area contributed by atoms with Crippen LogP contribution in [0.1, 0.15) is 11.6 Å². The van der Waals surface area contributed by atoms with E-state index in [0.29, 0.717) is 12.4 Å². The lowest BCUT2D eigenvalue weighted by molar-refractivity contribution is 0.375. The number of aromatic amines is 1. The van der Waals surface area contributed by atoms with Gasteiger partial charge in [0.1, 0.15) is 5.82 Å². The number of hydrazine groups is 1. The lowest BCUT2D eigenvalue weighted by Crippen LogP contribution is -2.25. The number of H-pyrrole nitrogens is 1. The molecule has 5 N–H and O–H groups in total. The third-order valence-electron chi connectivity index (χ3n) is 1.25. The summed E-state index contributed by atoms with van der Waals surface area (Å²) in [6.07, 6.45) is 2.91. The predicted octanol–water partition coefficient (Wildman–Crippen LogP) is -0.781. The van der Waals surface area contributed by atoms with Gasteiger partial charge in [0.05, 0.1) is 6.54 Å². The molecular weight excluding hydrogens is 156 g/mol. The first-order chi connectivity index (χ1) is 5.72. The average Bonchev–Trinajstić information content (AvgIpc) is 2.36. The predicted molar refractivity (Wildman–Crippen MR) is 44.2 cm³/mol. The van der Waals surface area contributed by atoms with E-state index in [9.17, 15) is 0 Å². The molecular formula is C6H12N6. The minimum Gasteiger partial charge on any atom is -0.403 e. The molecule has 1 aromatic rings. The second kappa shape index (κ2) is 3.72. The lowest BCUT2D eigenvalue weighted by atomic mass is 10.6. The molecule has 0 aromatic carbocycles. The molecule has 0 bridgehead atoms. The summed E-state index contributed by atoms with van der Waals surface area (Å²) in [6.45, 7) is 2.27. The van der Waals surface area contributed by atoms with Crippen molar-refractivity contribution < 1.29 is 0 Å². The van der Waals surface area contributed by atoms with Crippen LogP contribution in [-0.2, 0) is 6.54 Å². The van der Waals surface area contributed by atoms with Crippen LogP contribution < -0.4 is 11.6 Å². The van der Waals surface area contributed by atoms with E-state index in [1.807, 2.05) is 6.92 Å². The highest BCUT2D eigenvalue weighted by atomic mass is 15.4. The zero-order valence-corrected chi connectivity index (χ0v) is 6.86. The maximum Gasteiger partial charge on any atom is 0.171 e. The second-order valence-electron chi connectivity index (χ2n) is 2.35. The van der Waals surface area contributed by atoms with Crippen LogP contribution in [0.15, 0.2) is 12.4 Å². The third kappa shape index (κ3) is 2.24. The minimum atomic E-state index is 0.442. The lowest BCUT2D eigenvalue weighted by Gasteiger charge is -2.08. The molecule has 0 spiro atoms. The monoisotopic (exact) mass is 168 g/mol. The smallest absolute Gasteiger partial charge is 0.171 e.